The molecule has 17 heavy (non-hydrogen) atoms. The molecule has 5 heteroatoms. The SMILES string of the molecule is Cc1ccnc(SCCNCc2cccs2)n1. The van der Waals surface area contributed by atoms with Crippen molar-refractivity contribution >= 4 is 23.1 Å². The number of nitrogens with zero attached hydrogens (tertiary/aromatic N) is 2. The maximum Gasteiger partial charge on any atom is 0.187 e. The third kappa shape index (κ3) is 4.46. The van der Waals surface area contributed by atoms with Gasteiger partial charge in [-0.3, -0.25) is 0 Å². The number of rotatable bonds is 6. The van der Waals surface area contributed by atoms with Gasteiger partial charge in [0.1, 0.15) is 0 Å². The minimum atomic E-state index is 0.864. The molecular formula is C12H15N3S2. The van der Waals surface area contributed by atoms with E-state index in [1.54, 1.807) is 23.1 Å². The highest BCUT2D eigenvalue weighted by atomic mass is 32.2. The van der Waals surface area contributed by atoms with Gasteiger partial charge < -0.3 is 5.32 Å². The van der Waals surface area contributed by atoms with Crippen LogP contribution in [0.5, 0.6) is 0 Å². The van der Waals surface area contributed by atoms with Crippen LogP contribution in [0.15, 0.2) is 34.9 Å². The molecule has 0 aliphatic carbocycles. The van der Waals surface area contributed by atoms with Crippen molar-refractivity contribution in [2.45, 2.75) is 18.6 Å². The molecule has 2 rings (SSSR count). The van der Waals surface area contributed by atoms with Crippen molar-refractivity contribution in [1.82, 2.24) is 15.3 Å². The largest absolute Gasteiger partial charge is 0.311 e. The van der Waals surface area contributed by atoms with E-state index in [0.717, 1.165) is 29.7 Å². The summed E-state index contributed by atoms with van der Waals surface area (Å²) in [7, 11) is 0. The van der Waals surface area contributed by atoms with Crippen LogP contribution in [0.3, 0.4) is 0 Å². The minimum Gasteiger partial charge on any atom is -0.311 e. The molecule has 0 saturated carbocycles. The molecule has 0 aliphatic heterocycles. The Balaban J connectivity index is 1.63. The molecule has 0 spiro atoms. The van der Waals surface area contributed by atoms with E-state index in [2.05, 4.69) is 32.8 Å². The number of hydrogen-bond acceptors (Lipinski definition) is 5. The summed E-state index contributed by atoms with van der Waals surface area (Å²) in [5.74, 6) is 0.995. The van der Waals surface area contributed by atoms with Crippen molar-refractivity contribution in [3.05, 3.63) is 40.3 Å². The molecular weight excluding hydrogens is 250 g/mol. The van der Waals surface area contributed by atoms with Crippen LogP contribution < -0.4 is 5.32 Å². The Hall–Kier alpha value is -0.910. The Kier molecular flexibility index (Phi) is 4.97. The topological polar surface area (TPSA) is 37.8 Å². The fraction of sp³-hybridized carbons (Fsp3) is 0.333. The molecule has 0 saturated heterocycles. The molecule has 2 aromatic rings. The van der Waals surface area contributed by atoms with E-state index in [1.807, 2.05) is 19.2 Å². The standard InChI is InChI=1S/C12H15N3S2/c1-10-4-5-14-12(15-10)17-8-6-13-9-11-3-2-7-16-11/h2-5,7,13H,6,8-9H2,1H3. The van der Waals surface area contributed by atoms with Crippen LogP contribution in [0, 0.1) is 6.92 Å². The molecule has 0 fully saturated rings. The second kappa shape index (κ2) is 6.74. The summed E-state index contributed by atoms with van der Waals surface area (Å²) in [6.45, 7) is 3.91. The highest BCUT2D eigenvalue weighted by molar-refractivity contribution is 7.99. The first kappa shape index (κ1) is 12.5. The first-order valence-electron chi connectivity index (χ1n) is 5.50. The van der Waals surface area contributed by atoms with E-state index < -0.39 is 0 Å². The Morgan fingerprint density at radius 1 is 1.41 bits per heavy atom. The predicted molar refractivity (Wildman–Crippen MR) is 73.5 cm³/mol. The van der Waals surface area contributed by atoms with Crippen LogP contribution in [0.2, 0.25) is 0 Å². The highest BCUT2D eigenvalue weighted by Gasteiger charge is 1.97. The molecule has 0 unspecified atom stereocenters. The van der Waals surface area contributed by atoms with E-state index >= 15 is 0 Å². The average Bonchev–Trinajstić information content (AvgIpc) is 2.82. The van der Waals surface area contributed by atoms with Gasteiger partial charge in [-0.25, -0.2) is 9.97 Å². The van der Waals surface area contributed by atoms with Gasteiger partial charge in [0.2, 0.25) is 0 Å². The lowest BCUT2D eigenvalue weighted by atomic mass is 10.4. The van der Waals surface area contributed by atoms with Crippen molar-refractivity contribution in [1.29, 1.82) is 0 Å². The summed E-state index contributed by atoms with van der Waals surface area (Å²) in [6.07, 6.45) is 1.81. The molecule has 90 valence electrons. The molecule has 0 aliphatic rings. The minimum absolute atomic E-state index is 0.864. The van der Waals surface area contributed by atoms with E-state index in [9.17, 15) is 0 Å². The van der Waals surface area contributed by atoms with Crippen molar-refractivity contribution in [3.63, 3.8) is 0 Å². The molecule has 0 bridgehead atoms. The number of thiophene rings is 1. The molecule has 3 nitrogen and oxygen atoms in total. The van der Waals surface area contributed by atoms with Crippen molar-refractivity contribution in [2.24, 2.45) is 0 Å². The van der Waals surface area contributed by atoms with Gasteiger partial charge in [-0.05, 0) is 24.4 Å². The quantitative estimate of drug-likeness (QED) is 0.495. The third-order valence-corrected chi connectivity index (χ3v) is 3.90. The normalized spacial score (nSPS) is 10.6. The Morgan fingerprint density at radius 2 is 2.35 bits per heavy atom. The monoisotopic (exact) mass is 265 g/mol. The number of nitrogens with one attached hydrogen (secondary N) is 1. The maximum absolute atomic E-state index is 4.35. The summed E-state index contributed by atoms with van der Waals surface area (Å²) in [6, 6.07) is 6.14. The first-order valence-corrected chi connectivity index (χ1v) is 7.36. The average molecular weight is 265 g/mol. The Labute approximate surface area is 110 Å². The summed E-state index contributed by atoms with van der Waals surface area (Å²) < 4.78 is 0. The van der Waals surface area contributed by atoms with Crippen LogP contribution in [0.1, 0.15) is 10.6 Å². The smallest absolute Gasteiger partial charge is 0.187 e. The fourth-order valence-electron chi connectivity index (χ4n) is 1.33. The van der Waals surface area contributed by atoms with Gasteiger partial charge in [0.25, 0.3) is 0 Å². The summed E-state index contributed by atoms with van der Waals surface area (Å²) in [5.41, 5.74) is 1.02. The lowest BCUT2D eigenvalue weighted by Gasteiger charge is -2.02. The van der Waals surface area contributed by atoms with E-state index in [-0.39, 0.29) is 0 Å². The lowest BCUT2D eigenvalue weighted by molar-refractivity contribution is 0.740. The molecule has 1 N–H and O–H groups in total. The zero-order valence-corrected chi connectivity index (χ0v) is 11.4. The van der Waals surface area contributed by atoms with Crippen molar-refractivity contribution < 1.29 is 0 Å². The molecule has 0 atom stereocenters. The molecule has 0 aromatic carbocycles. The number of thioether (sulfide) groups is 1. The van der Waals surface area contributed by atoms with Gasteiger partial charge in [0.05, 0.1) is 0 Å². The third-order valence-electron chi connectivity index (χ3n) is 2.16. The molecule has 0 amide bonds. The second-order valence-electron chi connectivity index (χ2n) is 3.59. The number of aryl methyl sites for hydroxylation is 1. The zero-order valence-electron chi connectivity index (χ0n) is 9.72. The van der Waals surface area contributed by atoms with Gasteiger partial charge in [0, 0.05) is 35.6 Å². The van der Waals surface area contributed by atoms with E-state index in [1.165, 1.54) is 4.88 Å². The Bertz CT molecular complexity index is 443. The first-order chi connectivity index (χ1) is 8.34. The van der Waals surface area contributed by atoms with Crippen LogP contribution in [0.25, 0.3) is 0 Å². The van der Waals surface area contributed by atoms with Crippen LogP contribution in [0.4, 0.5) is 0 Å². The number of hydrogen-bond donors (Lipinski definition) is 1. The summed E-state index contributed by atoms with van der Waals surface area (Å²) in [4.78, 5) is 9.94. The Morgan fingerprint density at radius 3 is 3.12 bits per heavy atom. The van der Waals surface area contributed by atoms with Crippen molar-refractivity contribution in [3.8, 4) is 0 Å². The van der Waals surface area contributed by atoms with Gasteiger partial charge in [0.15, 0.2) is 5.16 Å². The van der Waals surface area contributed by atoms with Gasteiger partial charge >= 0.3 is 0 Å². The maximum atomic E-state index is 4.35. The fourth-order valence-corrected chi connectivity index (χ4v) is 2.78. The van der Waals surface area contributed by atoms with E-state index in [0.29, 0.717) is 0 Å². The van der Waals surface area contributed by atoms with Gasteiger partial charge in [-0.2, -0.15) is 0 Å². The highest BCUT2D eigenvalue weighted by Crippen LogP contribution is 2.11. The van der Waals surface area contributed by atoms with Crippen LogP contribution in [-0.4, -0.2) is 22.3 Å². The lowest BCUT2D eigenvalue weighted by Crippen LogP contribution is -2.15. The molecule has 2 aromatic heterocycles. The summed E-state index contributed by atoms with van der Waals surface area (Å²) in [5, 5.41) is 6.37. The predicted octanol–water partition coefficient (Wildman–Crippen LogP) is 2.73. The number of aromatic nitrogens is 2. The van der Waals surface area contributed by atoms with Crippen LogP contribution in [-0.2, 0) is 6.54 Å². The van der Waals surface area contributed by atoms with Gasteiger partial charge in [-0.1, -0.05) is 17.8 Å². The second-order valence-corrected chi connectivity index (χ2v) is 5.68. The van der Waals surface area contributed by atoms with Crippen LogP contribution >= 0.6 is 23.1 Å². The van der Waals surface area contributed by atoms with Gasteiger partial charge in [-0.15, -0.1) is 11.3 Å². The molecule has 2 heterocycles. The van der Waals surface area contributed by atoms with E-state index in [4.69, 9.17) is 0 Å². The van der Waals surface area contributed by atoms with Crippen molar-refractivity contribution in [2.75, 3.05) is 12.3 Å². The summed E-state index contributed by atoms with van der Waals surface area (Å²) >= 11 is 3.48. The molecule has 0 radical (unpaired) electrons. The zero-order chi connectivity index (χ0) is 11.9.